The number of aromatic nitrogens is 1. The van der Waals surface area contributed by atoms with Crippen LogP contribution in [0.25, 0.3) is 0 Å². The van der Waals surface area contributed by atoms with E-state index in [1.807, 2.05) is 26.0 Å². The zero-order chi connectivity index (χ0) is 12.4. The summed E-state index contributed by atoms with van der Waals surface area (Å²) >= 11 is 5.59. The van der Waals surface area contributed by atoms with Gasteiger partial charge in [0.05, 0.1) is 25.0 Å². The molecule has 0 atom stereocenters. The van der Waals surface area contributed by atoms with E-state index >= 15 is 0 Å². The second-order valence-electron chi connectivity index (χ2n) is 4.06. The number of carbonyl (C=O) groups excluding carboxylic acids is 1. The fraction of sp³-hybridized carbons (Fsp3) is 0.308. The third-order valence-corrected chi connectivity index (χ3v) is 3.16. The number of nitrogens with zero attached hydrogens (tertiary/aromatic N) is 1. The van der Waals surface area contributed by atoms with Gasteiger partial charge in [-0.2, -0.15) is 0 Å². The smallest absolute Gasteiger partial charge is 0.179 e. The van der Waals surface area contributed by atoms with E-state index in [1.54, 1.807) is 12.5 Å². The Bertz CT molecular complexity index is 526. The summed E-state index contributed by atoms with van der Waals surface area (Å²) < 4.78 is 7.13. The summed E-state index contributed by atoms with van der Waals surface area (Å²) in [7, 11) is 0. The maximum Gasteiger partial charge on any atom is 0.179 e. The van der Waals surface area contributed by atoms with Crippen LogP contribution in [0.15, 0.2) is 29.1 Å². The lowest BCUT2D eigenvalue weighted by atomic mass is 10.2. The molecule has 0 saturated carbocycles. The lowest BCUT2D eigenvalue weighted by molar-refractivity contribution is 0.102. The van der Waals surface area contributed by atoms with Crippen molar-refractivity contribution in [2.75, 3.05) is 5.88 Å². The van der Waals surface area contributed by atoms with Gasteiger partial charge in [-0.05, 0) is 26.0 Å². The van der Waals surface area contributed by atoms with Gasteiger partial charge in [0.25, 0.3) is 0 Å². The average molecular weight is 252 g/mol. The monoisotopic (exact) mass is 251 g/mol. The molecular weight excluding hydrogens is 238 g/mol. The maximum absolute atomic E-state index is 11.6. The van der Waals surface area contributed by atoms with Crippen LogP contribution in [0.5, 0.6) is 0 Å². The van der Waals surface area contributed by atoms with E-state index in [9.17, 15) is 4.79 Å². The van der Waals surface area contributed by atoms with Gasteiger partial charge in [-0.1, -0.05) is 0 Å². The number of hydrogen-bond acceptors (Lipinski definition) is 2. The normalized spacial score (nSPS) is 10.8. The Labute approximate surface area is 105 Å². The van der Waals surface area contributed by atoms with Crippen LogP contribution in [0.4, 0.5) is 0 Å². The molecule has 17 heavy (non-hydrogen) atoms. The highest BCUT2D eigenvalue weighted by atomic mass is 35.5. The molecule has 4 heteroatoms. The molecule has 0 spiro atoms. The summed E-state index contributed by atoms with van der Waals surface area (Å²) in [6.45, 7) is 4.63. The molecule has 0 fully saturated rings. The van der Waals surface area contributed by atoms with Crippen LogP contribution in [-0.2, 0) is 6.54 Å². The summed E-state index contributed by atoms with van der Waals surface area (Å²) in [4.78, 5) is 11.6. The molecule has 2 heterocycles. The van der Waals surface area contributed by atoms with Crippen LogP contribution >= 0.6 is 11.6 Å². The Morgan fingerprint density at radius 3 is 2.82 bits per heavy atom. The fourth-order valence-electron chi connectivity index (χ4n) is 1.96. The van der Waals surface area contributed by atoms with Gasteiger partial charge in [-0.3, -0.25) is 4.79 Å². The molecule has 0 N–H and O–H groups in total. The van der Waals surface area contributed by atoms with Crippen LogP contribution in [0.1, 0.15) is 27.3 Å². The first-order chi connectivity index (χ1) is 8.13. The molecule has 0 saturated heterocycles. The molecule has 0 aliphatic heterocycles. The number of hydrogen-bond donors (Lipinski definition) is 0. The van der Waals surface area contributed by atoms with Gasteiger partial charge in [-0.15, -0.1) is 11.6 Å². The van der Waals surface area contributed by atoms with E-state index in [0.717, 1.165) is 17.0 Å². The zero-order valence-corrected chi connectivity index (χ0v) is 10.6. The predicted molar refractivity (Wildman–Crippen MR) is 66.8 cm³/mol. The van der Waals surface area contributed by atoms with Crippen molar-refractivity contribution >= 4 is 17.4 Å². The third-order valence-electron chi connectivity index (χ3n) is 2.92. The summed E-state index contributed by atoms with van der Waals surface area (Å²) in [5.41, 5.74) is 3.80. The second-order valence-corrected chi connectivity index (χ2v) is 4.33. The predicted octanol–water partition coefficient (Wildman–Crippen LogP) is 3.17. The molecule has 2 rings (SSSR count). The molecule has 0 aliphatic rings. The highest BCUT2D eigenvalue weighted by molar-refractivity contribution is 6.30. The summed E-state index contributed by atoms with van der Waals surface area (Å²) in [5.74, 6) is -0.00562. The van der Waals surface area contributed by atoms with Gasteiger partial charge in [0.15, 0.2) is 5.78 Å². The lowest BCUT2D eigenvalue weighted by Crippen LogP contribution is -2.06. The van der Waals surface area contributed by atoms with E-state index in [2.05, 4.69) is 4.57 Å². The van der Waals surface area contributed by atoms with Crippen molar-refractivity contribution in [1.82, 2.24) is 4.57 Å². The van der Waals surface area contributed by atoms with Gasteiger partial charge >= 0.3 is 0 Å². The third kappa shape index (κ3) is 2.29. The first kappa shape index (κ1) is 12.0. The Hall–Kier alpha value is -1.48. The highest BCUT2D eigenvalue weighted by Crippen LogP contribution is 2.18. The average Bonchev–Trinajstić information content (AvgIpc) is 2.91. The van der Waals surface area contributed by atoms with Crippen LogP contribution in [0.3, 0.4) is 0 Å². The Morgan fingerprint density at radius 1 is 1.47 bits per heavy atom. The van der Waals surface area contributed by atoms with E-state index in [4.69, 9.17) is 16.0 Å². The molecule has 0 aromatic carbocycles. The summed E-state index contributed by atoms with van der Waals surface area (Å²) in [6.07, 6.45) is 3.36. The van der Waals surface area contributed by atoms with Crippen molar-refractivity contribution in [3.05, 3.63) is 47.2 Å². The van der Waals surface area contributed by atoms with Crippen molar-refractivity contribution < 1.29 is 9.21 Å². The Balaban J connectivity index is 2.35. The number of alkyl halides is 1. The van der Waals surface area contributed by atoms with E-state index in [0.29, 0.717) is 12.1 Å². The number of rotatable bonds is 4. The van der Waals surface area contributed by atoms with Gasteiger partial charge < -0.3 is 8.98 Å². The van der Waals surface area contributed by atoms with E-state index < -0.39 is 0 Å². The van der Waals surface area contributed by atoms with E-state index in [1.165, 1.54) is 0 Å². The summed E-state index contributed by atoms with van der Waals surface area (Å²) in [6, 6.07) is 3.81. The standard InChI is InChI=1S/C13H14ClNO2/c1-9-5-12(13(16)6-14)10(2)15(9)7-11-3-4-17-8-11/h3-5,8H,6-7H2,1-2H3. The second kappa shape index (κ2) is 4.80. The van der Waals surface area contributed by atoms with Crippen LogP contribution in [0, 0.1) is 13.8 Å². The topological polar surface area (TPSA) is 35.1 Å². The van der Waals surface area contributed by atoms with Gasteiger partial charge in [0, 0.05) is 22.5 Å². The maximum atomic E-state index is 11.6. The molecule has 90 valence electrons. The fourth-order valence-corrected chi connectivity index (χ4v) is 2.11. The first-order valence-corrected chi connectivity index (χ1v) is 5.94. The summed E-state index contributed by atoms with van der Waals surface area (Å²) in [5, 5.41) is 0. The molecule has 2 aromatic heterocycles. The number of aryl methyl sites for hydroxylation is 1. The Kier molecular flexibility index (Phi) is 3.38. The van der Waals surface area contributed by atoms with Crippen LogP contribution in [-0.4, -0.2) is 16.2 Å². The quantitative estimate of drug-likeness (QED) is 0.618. The first-order valence-electron chi connectivity index (χ1n) is 5.40. The number of ketones is 1. The SMILES string of the molecule is Cc1cc(C(=O)CCl)c(C)n1Cc1ccoc1. The molecule has 0 aliphatic carbocycles. The number of halogens is 1. The van der Waals surface area contributed by atoms with Crippen molar-refractivity contribution in [3.63, 3.8) is 0 Å². The molecular formula is C13H14ClNO2. The molecule has 3 nitrogen and oxygen atoms in total. The molecule has 0 radical (unpaired) electrons. The number of carbonyl (C=O) groups is 1. The van der Waals surface area contributed by atoms with Crippen LogP contribution < -0.4 is 0 Å². The van der Waals surface area contributed by atoms with Crippen LogP contribution in [0.2, 0.25) is 0 Å². The number of Topliss-reactive ketones (excluding diaryl/α,β-unsaturated/α-hetero) is 1. The van der Waals surface area contributed by atoms with Crippen molar-refractivity contribution in [2.45, 2.75) is 20.4 Å². The largest absolute Gasteiger partial charge is 0.472 e. The van der Waals surface area contributed by atoms with Crippen molar-refractivity contribution in [1.29, 1.82) is 0 Å². The minimum Gasteiger partial charge on any atom is -0.472 e. The van der Waals surface area contributed by atoms with Gasteiger partial charge in [-0.25, -0.2) is 0 Å². The molecule has 2 aromatic rings. The minimum absolute atomic E-state index is 0.0238. The molecule has 0 unspecified atom stereocenters. The van der Waals surface area contributed by atoms with Gasteiger partial charge in [0.2, 0.25) is 0 Å². The lowest BCUT2D eigenvalue weighted by Gasteiger charge is -2.07. The van der Waals surface area contributed by atoms with Crippen molar-refractivity contribution in [2.24, 2.45) is 0 Å². The van der Waals surface area contributed by atoms with Crippen molar-refractivity contribution in [3.8, 4) is 0 Å². The molecule has 0 amide bonds. The highest BCUT2D eigenvalue weighted by Gasteiger charge is 2.14. The zero-order valence-electron chi connectivity index (χ0n) is 9.87. The minimum atomic E-state index is -0.0294. The van der Waals surface area contributed by atoms with E-state index in [-0.39, 0.29) is 11.7 Å². The Morgan fingerprint density at radius 2 is 2.24 bits per heavy atom. The van der Waals surface area contributed by atoms with Gasteiger partial charge in [0.1, 0.15) is 0 Å². The number of furan rings is 1. The molecule has 0 bridgehead atoms.